The van der Waals surface area contributed by atoms with Crippen LogP contribution in [0.5, 0.6) is 0 Å². The fraction of sp³-hybridized carbons (Fsp3) is 0.571. The van der Waals surface area contributed by atoms with E-state index in [4.69, 9.17) is 0 Å². The SMILES string of the molecule is CCC.Cc1cccc(CN2CCNC2)c1. The van der Waals surface area contributed by atoms with Gasteiger partial charge in [-0.2, -0.15) is 0 Å². The first-order valence-electron chi connectivity index (χ1n) is 6.24. The lowest BCUT2D eigenvalue weighted by Crippen LogP contribution is -2.21. The molecule has 0 aliphatic carbocycles. The third kappa shape index (κ3) is 4.77. The number of nitrogens with one attached hydrogen (secondary N) is 1. The van der Waals surface area contributed by atoms with Crippen LogP contribution in [0.15, 0.2) is 24.3 Å². The van der Waals surface area contributed by atoms with E-state index in [1.165, 1.54) is 24.1 Å². The van der Waals surface area contributed by atoms with Gasteiger partial charge in [0.25, 0.3) is 0 Å². The van der Waals surface area contributed by atoms with Gasteiger partial charge in [-0.3, -0.25) is 4.90 Å². The van der Waals surface area contributed by atoms with Crippen molar-refractivity contribution in [1.29, 1.82) is 0 Å². The highest BCUT2D eigenvalue weighted by molar-refractivity contribution is 5.22. The standard InChI is InChI=1S/C11H16N2.C3H8/c1-10-3-2-4-11(7-10)8-13-6-5-12-9-13;1-3-2/h2-4,7,12H,5-6,8-9H2,1H3;3H2,1-2H3. The van der Waals surface area contributed by atoms with E-state index in [2.05, 4.69) is 55.3 Å². The van der Waals surface area contributed by atoms with Crippen LogP contribution in [0.4, 0.5) is 0 Å². The van der Waals surface area contributed by atoms with Crippen molar-refractivity contribution in [3.63, 3.8) is 0 Å². The van der Waals surface area contributed by atoms with E-state index in [9.17, 15) is 0 Å². The summed E-state index contributed by atoms with van der Waals surface area (Å²) >= 11 is 0. The molecule has 0 bridgehead atoms. The van der Waals surface area contributed by atoms with Crippen LogP contribution in [0.25, 0.3) is 0 Å². The van der Waals surface area contributed by atoms with Gasteiger partial charge < -0.3 is 5.32 Å². The molecular weight excluding hydrogens is 196 g/mol. The Labute approximate surface area is 99.7 Å². The Hall–Kier alpha value is -0.860. The summed E-state index contributed by atoms with van der Waals surface area (Å²) in [7, 11) is 0. The molecule has 1 aromatic rings. The fourth-order valence-electron chi connectivity index (χ4n) is 1.76. The van der Waals surface area contributed by atoms with Crippen LogP contribution in [-0.4, -0.2) is 24.7 Å². The predicted molar refractivity (Wildman–Crippen MR) is 70.4 cm³/mol. The number of nitrogens with zero attached hydrogens (tertiary/aromatic N) is 1. The first-order valence-corrected chi connectivity index (χ1v) is 6.24. The molecule has 0 radical (unpaired) electrons. The summed E-state index contributed by atoms with van der Waals surface area (Å²) in [5.41, 5.74) is 2.77. The van der Waals surface area contributed by atoms with Gasteiger partial charge in [-0.1, -0.05) is 50.1 Å². The van der Waals surface area contributed by atoms with Crippen molar-refractivity contribution in [2.24, 2.45) is 0 Å². The van der Waals surface area contributed by atoms with Crippen LogP contribution in [0.3, 0.4) is 0 Å². The maximum atomic E-state index is 3.33. The molecule has 0 saturated carbocycles. The first kappa shape index (κ1) is 13.2. The Kier molecular flexibility index (Phi) is 6.12. The summed E-state index contributed by atoms with van der Waals surface area (Å²) in [6, 6.07) is 8.74. The zero-order valence-electron chi connectivity index (χ0n) is 10.8. The molecule has 0 atom stereocenters. The average molecular weight is 220 g/mol. The van der Waals surface area contributed by atoms with Gasteiger partial charge in [0, 0.05) is 26.3 Å². The highest BCUT2D eigenvalue weighted by Gasteiger charge is 2.10. The van der Waals surface area contributed by atoms with Crippen molar-refractivity contribution in [1.82, 2.24) is 10.2 Å². The van der Waals surface area contributed by atoms with Gasteiger partial charge >= 0.3 is 0 Å². The minimum atomic E-state index is 1.04. The van der Waals surface area contributed by atoms with Crippen LogP contribution in [0.1, 0.15) is 31.4 Å². The van der Waals surface area contributed by atoms with Crippen molar-refractivity contribution < 1.29 is 0 Å². The third-order valence-corrected chi connectivity index (χ3v) is 2.43. The second-order valence-corrected chi connectivity index (χ2v) is 4.41. The number of hydrogen-bond acceptors (Lipinski definition) is 2. The molecule has 0 spiro atoms. The Balaban J connectivity index is 0.000000386. The van der Waals surface area contributed by atoms with Crippen molar-refractivity contribution in [3.05, 3.63) is 35.4 Å². The van der Waals surface area contributed by atoms with Crippen molar-refractivity contribution in [3.8, 4) is 0 Å². The summed E-state index contributed by atoms with van der Waals surface area (Å²) < 4.78 is 0. The minimum absolute atomic E-state index is 1.04. The van der Waals surface area contributed by atoms with Gasteiger partial charge in [0.15, 0.2) is 0 Å². The molecule has 1 aliphatic heterocycles. The first-order chi connectivity index (χ1) is 7.76. The van der Waals surface area contributed by atoms with E-state index in [0.29, 0.717) is 0 Å². The summed E-state index contributed by atoms with van der Waals surface area (Å²) in [5.74, 6) is 0. The number of aryl methyl sites for hydroxylation is 1. The summed E-state index contributed by atoms with van der Waals surface area (Å²) in [6.07, 6.45) is 1.25. The lowest BCUT2D eigenvalue weighted by Gasteiger charge is -2.13. The van der Waals surface area contributed by atoms with E-state index in [0.717, 1.165) is 19.8 Å². The molecule has 2 heteroatoms. The normalized spacial score (nSPS) is 15.7. The lowest BCUT2D eigenvalue weighted by atomic mass is 10.1. The van der Waals surface area contributed by atoms with Crippen molar-refractivity contribution >= 4 is 0 Å². The van der Waals surface area contributed by atoms with E-state index >= 15 is 0 Å². The van der Waals surface area contributed by atoms with Gasteiger partial charge in [-0.25, -0.2) is 0 Å². The Morgan fingerprint density at radius 2 is 2.06 bits per heavy atom. The van der Waals surface area contributed by atoms with Crippen LogP contribution in [-0.2, 0) is 6.54 Å². The van der Waals surface area contributed by atoms with E-state index in [1.807, 2.05) is 0 Å². The Morgan fingerprint density at radius 1 is 1.31 bits per heavy atom. The topological polar surface area (TPSA) is 15.3 Å². The molecule has 0 amide bonds. The van der Waals surface area contributed by atoms with Crippen LogP contribution < -0.4 is 5.32 Å². The molecule has 2 nitrogen and oxygen atoms in total. The Morgan fingerprint density at radius 3 is 2.62 bits per heavy atom. The van der Waals surface area contributed by atoms with Gasteiger partial charge in [-0.05, 0) is 12.5 Å². The fourth-order valence-corrected chi connectivity index (χ4v) is 1.76. The van der Waals surface area contributed by atoms with E-state index in [-0.39, 0.29) is 0 Å². The molecule has 0 aromatic heterocycles. The zero-order chi connectivity index (χ0) is 11.8. The second kappa shape index (κ2) is 7.42. The Bertz CT molecular complexity index is 291. The molecule has 1 aliphatic rings. The molecule has 1 heterocycles. The molecule has 1 saturated heterocycles. The quantitative estimate of drug-likeness (QED) is 0.824. The van der Waals surface area contributed by atoms with Gasteiger partial charge in [0.2, 0.25) is 0 Å². The second-order valence-electron chi connectivity index (χ2n) is 4.41. The average Bonchev–Trinajstić information content (AvgIpc) is 2.71. The lowest BCUT2D eigenvalue weighted by molar-refractivity contribution is 0.327. The monoisotopic (exact) mass is 220 g/mol. The number of rotatable bonds is 2. The molecule has 90 valence electrons. The predicted octanol–water partition coefficient (Wildman–Crippen LogP) is 2.77. The summed E-state index contributed by atoms with van der Waals surface area (Å²) in [4.78, 5) is 2.43. The van der Waals surface area contributed by atoms with Crippen molar-refractivity contribution in [2.45, 2.75) is 33.7 Å². The van der Waals surface area contributed by atoms with E-state index in [1.54, 1.807) is 0 Å². The largest absolute Gasteiger partial charge is 0.303 e. The van der Waals surface area contributed by atoms with Gasteiger partial charge in [0.05, 0.1) is 0 Å². The molecule has 16 heavy (non-hydrogen) atoms. The third-order valence-electron chi connectivity index (χ3n) is 2.43. The molecule has 1 N–H and O–H groups in total. The zero-order valence-corrected chi connectivity index (χ0v) is 10.8. The van der Waals surface area contributed by atoms with Crippen LogP contribution in [0.2, 0.25) is 0 Å². The molecule has 2 rings (SSSR count). The highest BCUT2D eigenvalue weighted by atomic mass is 15.3. The number of benzene rings is 1. The van der Waals surface area contributed by atoms with Crippen molar-refractivity contribution in [2.75, 3.05) is 19.8 Å². The van der Waals surface area contributed by atoms with Crippen LogP contribution in [0, 0.1) is 6.92 Å². The minimum Gasteiger partial charge on any atom is -0.303 e. The van der Waals surface area contributed by atoms with Crippen LogP contribution >= 0.6 is 0 Å². The molecule has 0 unspecified atom stereocenters. The maximum absolute atomic E-state index is 3.33. The molecule has 1 fully saturated rings. The summed E-state index contributed by atoms with van der Waals surface area (Å²) in [5, 5.41) is 3.33. The molecular formula is C14H24N2. The smallest absolute Gasteiger partial charge is 0.0484 e. The summed E-state index contributed by atoms with van der Waals surface area (Å²) in [6.45, 7) is 10.8. The maximum Gasteiger partial charge on any atom is 0.0484 e. The van der Waals surface area contributed by atoms with E-state index < -0.39 is 0 Å². The molecule has 1 aromatic carbocycles. The van der Waals surface area contributed by atoms with Gasteiger partial charge in [-0.15, -0.1) is 0 Å². The number of hydrogen-bond donors (Lipinski definition) is 1. The highest BCUT2D eigenvalue weighted by Crippen LogP contribution is 2.07. The van der Waals surface area contributed by atoms with Gasteiger partial charge in [0.1, 0.15) is 0 Å².